The van der Waals surface area contributed by atoms with Crippen molar-refractivity contribution in [3.05, 3.63) is 53.4 Å². The number of nitrogens with one attached hydrogen (secondary N) is 1. The van der Waals surface area contributed by atoms with Crippen LogP contribution in [0.3, 0.4) is 0 Å². The van der Waals surface area contributed by atoms with Gasteiger partial charge in [0.1, 0.15) is 35.3 Å². The van der Waals surface area contributed by atoms with Crippen LogP contribution >= 0.6 is 0 Å². The second kappa shape index (κ2) is 14.9. The summed E-state index contributed by atoms with van der Waals surface area (Å²) >= 11 is 0. The molecule has 4 rings (SSSR count). The Hall–Kier alpha value is -4.54. The number of piperazine rings is 1. The summed E-state index contributed by atoms with van der Waals surface area (Å²) in [5, 5.41) is 13.0. The molecule has 0 saturated carbocycles. The molecule has 1 aliphatic heterocycles. The standard InChI is InChI=1S/C36H49N7O5Si/c1-35(2,3)31(44)28-23-43(24-47-18-19-49(7,8)9)32-30(28)40-29(22-38-32)39-27-12-10-25(11-13-27)20-26(21-37)33(45)41-14-16-42(17-15-41)34(46)48-36(4,5)6/h10-13,20,22-23H,14-19,24H2,1-9H3,(H,39,40)/b26-20-. The lowest BCUT2D eigenvalue weighted by Gasteiger charge is -2.35. The van der Waals surface area contributed by atoms with E-state index >= 15 is 0 Å². The van der Waals surface area contributed by atoms with Crippen molar-refractivity contribution in [3.63, 3.8) is 0 Å². The number of amides is 2. The van der Waals surface area contributed by atoms with Gasteiger partial charge in [-0.15, -0.1) is 0 Å². The Bertz CT molecular complexity index is 1750. The van der Waals surface area contributed by atoms with Crippen LogP contribution < -0.4 is 5.32 Å². The summed E-state index contributed by atoms with van der Waals surface area (Å²) in [4.78, 5) is 51.5. The van der Waals surface area contributed by atoms with Gasteiger partial charge in [-0.1, -0.05) is 52.5 Å². The zero-order valence-corrected chi connectivity index (χ0v) is 31.2. The Balaban J connectivity index is 1.45. The van der Waals surface area contributed by atoms with Crippen LogP contribution in [0.4, 0.5) is 16.3 Å². The lowest BCUT2D eigenvalue weighted by Crippen LogP contribution is -2.51. The number of benzene rings is 1. The lowest BCUT2D eigenvalue weighted by atomic mass is 9.87. The third kappa shape index (κ3) is 10.2. The minimum Gasteiger partial charge on any atom is -0.444 e. The zero-order chi connectivity index (χ0) is 36.1. The fourth-order valence-corrected chi connectivity index (χ4v) is 5.79. The van der Waals surface area contributed by atoms with Gasteiger partial charge in [-0.2, -0.15) is 5.26 Å². The number of carbonyl (C=O) groups is 3. The summed E-state index contributed by atoms with van der Waals surface area (Å²) in [6, 6.07) is 10.3. The predicted molar refractivity (Wildman–Crippen MR) is 193 cm³/mol. The van der Waals surface area contributed by atoms with Crippen molar-refractivity contribution < 1.29 is 23.9 Å². The van der Waals surface area contributed by atoms with E-state index in [1.165, 1.54) is 0 Å². The third-order valence-corrected chi connectivity index (χ3v) is 9.49. The largest absolute Gasteiger partial charge is 0.444 e. The fourth-order valence-electron chi connectivity index (χ4n) is 5.03. The van der Waals surface area contributed by atoms with Crippen LogP contribution in [-0.2, 0) is 21.0 Å². The molecule has 3 heterocycles. The number of aromatic nitrogens is 3. The number of fused-ring (bicyclic) bond motifs is 1. The molecule has 13 heteroatoms. The number of hydrogen-bond acceptors (Lipinski definition) is 9. The molecule has 2 aromatic heterocycles. The first-order valence-corrected chi connectivity index (χ1v) is 20.3. The highest BCUT2D eigenvalue weighted by Crippen LogP contribution is 2.28. The second-order valence-electron chi connectivity index (χ2n) is 15.5. The van der Waals surface area contributed by atoms with Crippen LogP contribution in [0.15, 0.2) is 42.2 Å². The molecule has 1 aliphatic rings. The van der Waals surface area contributed by atoms with E-state index in [2.05, 4.69) is 29.9 Å². The maximum absolute atomic E-state index is 13.4. The number of ether oxygens (including phenoxy) is 2. The summed E-state index contributed by atoms with van der Waals surface area (Å²) < 4.78 is 13.2. The highest BCUT2D eigenvalue weighted by Gasteiger charge is 2.30. The Kier molecular flexibility index (Phi) is 11.4. The quantitative estimate of drug-likeness (QED) is 0.0810. The van der Waals surface area contributed by atoms with E-state index in [-0.39, 0.29) is 24.0 Å². The summed E-state index contributed by atoms with van der Waals surface area (Å²) in [5.74, 6) is 0.0504. The molecule has 0 atom stereocenters. The zero-order valence-electron chi connectivity index (χ0n) is 30.2. The second-order valence-corrected chi connectivity index (χ2v) is 21.2. The van der Waals surface area contributed by atoms with Crippen molar-refractivity contribution in [1.82, 2.24) is 24.3 Å². The molecule has 0 unspecified atom stereocenters. The van der Waals surface area contributed by atoms with Crippen LogP contribution in [-0.4, -0.2) is 88.6 Å². The van der Waals surface area contributed by atoms with E-state index in [0.29, 0.717) is 66.6 Å². The minimum absolute atomic E-state index is 0.00719. The maximum Gasteiger partial charge on any atom is 0.410 e. The van der Waals surface area contributed by atoms with Gasteiger partial charge >= 0.3 is 6.09 Å². The molecule has 1 aromatic carbocycles. The number of carbonyl (C=O) groups excluding carboxylic acids is 3. The lowest BCUT2D eigenvalue weighted by molar-refractivity contribution is -0.128. The molecule has 2 amide bonds. The van der Waals surface area contributed by atoms with Gasteiger partial charge in [0, 0.05) is 58.2 Å². The molecule has 3 aromatic rings. The summed E-state index contributed by atoms with van der Waals surface area (Å²) in [6.45, 7) is 20.2. The molecular formula is C36H49N7O5Si. The Labute approximate surface area is 290 Å². The molecule has 1 N–H and O–H groups in total. The molecule has 1 saturated heterocycles. The van der Waals surface area contributed by atoms with Crippen molar-refractivity contribution >= 4 is 54.6 Å². The van der Waals surface area contributed by atoms with Crippen LogP contribution in [0.2, 0.25) is 25.7 Å². The van der Waals surface area contributed by atoms with Gasteiger partial charge in [-0.05, 0) is 50.6 Å². The van der Waals surface area contributed by atoms with Crippen molar-refractivity contribution in [2.75, 3.05) is 38.1 Å². The van der Waals surface area contributed by atoms with E-state index in [1.54, 1.807) is 40.4 Å². The van der Waals surface area contributed by atoms with E-state index < -0.39 is 25.2 Å². The summed E-state index contributed by atoms with van der Waals surface area (Å²) in [6.07, 6.45) is 4.55. The van der Waals surface area contributed by atoms with Gasteiger partial charge < -0.3 is 29.2 Å². The molecule has 49 heavy (non-hydrogen) atoms. The number of nitrogens with zero attached hydrogens (tertiary/aromatic N) is 6. The molecule has 12 nitrogen and oxygen atoms in total. The predicted octanol–water partition coefficient (Wildman–Crippen LogP) is 6.70. The Morgan fingerprint density at radius 2 is 1.63 bits per heavy atom. The van der Waals surface area contributed by atoms with Crippen LogP contribution in [0, 0.1) is 16.7 Å². The van der Waals surface area contributed by atoms with Gasteiger partial charge in [-0.3, -0.25) is 9.59 Å². The van der Waals surface area contributed by atoms with Gasteiger partial charge in [-0.25, -0.2) is 14.8 Å². The molecule has 0 spiro atoms. The number of rotatable bonds is 10. The molecule has 262 valence electrons. The van der Waals surface area contributed by atoms with Crippen molar-refractivity contribution in [3.8, 4) is 6.07 Å². The van der Waals surface area contributed by atoms with Crippen molar-refractivity contribution in [2.45, 2.75) is 79.6 Å². The average Bonchev–Trinajstić information content (AvgIpc) is 3.37. The normalized spacial score (nSPS) is 14.5. The van der Waals surface area contributed by atoms with Gasteiger partial charge in [0.15, 0.2) is 11.4 Å². The number of nitriles is 1. The molecule has 1 fully saturated rings. The molecular weight excluding hydrogens is 639 g/mol. The van der Waals surface area contributed by atoms with Crippen LogP contribution in [0.5, 0.6) is 0 Å². The topological polar surface area (TPSA) is 143 Å². The highest BCUT2D eigenvalue weighted by atomic mass is 28.3. The Morgan fingerprint density at radius 1 is 1.00 bits per heavy atom. The van der Waals surface area contributed by atoms with E-state index in [0.717, 1.165) is 6.04 Å². The van der Waals surface area contributed by atoms with E-state index in [4.69, 9.17) is 14.5 Å². The van der Waals surface area contributed by atoms with E-state index in [9.17, 15) is 19.6 Å². The SMILES string of the molecule is CC(C)(C)OC(=O)N1CCN(C(=O)/C(C#N)=C\c2ccc(Nc3cnc4c(n3)c(C(=O)C(C)(C)C)cn4COCC[Si](C)(C)C)cc2)CC1. The number of ketones is 1. The number of anilines is 2. The van der Waals surface area contributed by atoms with Crippen molar-refractivity contribution in [1.29, 1.82) is 5.26 Å². The first-order valence-electron chi connectivity index (χ1n) is 16.6. The smallest absolute Gasteiger partial charge is 0.410 e. The first kappa shape index (κ1) is 37.3. The molecule has 0 aliphatic carbocycles. The third-order valence-electron chi connectivity index (χ3n) is 7.78. The highest BCUT2D eigenvalue weighted by molar-refractivity contribution is 6.76. The monoisotopic (exact) mass is 687 g/mol. The molecule has 0 radical (unpaired) electrons. The van der Waals surface area contributed by atoms with E-state index in [1.807, 2.05) is 64.3 Å². The van der Waals surface area contributed by atoms with Crippen LogP contribution in [0.1, 0.15) is 57.5 Å². The van der Waals surface area contributed by atoms with Gasteiger partial charge in [0.25, 0.3) is 5.91 Å². The molecule has 0 bridgehead atoms. The number of hydrogen-bond donors (Lipinski definition) is 1. The minimum atomic E-state index is -1.24. The van der Waals surface area contributed by atoms with Crippen LogP contribution in [0.25, 0.3) is 17.2 Å². The van der Waals surface area contributed by atoms with Gasteiger partial charge in [0.05, 0.1) is 11.8 Å². The summed E-state index contributed by atoms with van der Waals surface area (Å²) in [5.41, 5.74) is 1.76. The first-order chi connectivity index (χ1) is 22.8. The number of Topliss-reactive ketones (excluding diaryl/α,β-unsaturated/α-hetero) is 1. The Morgan fingerprint density at radius 3 is 2.20 bits per heavy atom. The van der Waals surface area contributed by atoms with Crippen molar-refractivity contribution in [2.24, 2.45) is 5.41 Å². The fraction of sp³-hybridized carbons (Fsp3) is 0.500. The summed E-state index contributed by atoms with van der Waals surface area (Å²) in [7, 11) is -1.24. The average molecular weight is 688 g/mol. The van der Waals surface area contributed by atoms with Gasteiger partial charge in [0.2, 0.25) is 0 Å². The maximum atomic E-state index is 13.4.